The summed E-state index contributed by atoms with van der Waals surface area (Å²) < 4.78 is 11.5. The zero-order valence-corrected chi connectivity index (χ0v) is 25.5. The lowest BCUT2D eigenvalue weighted by Gasteiger charge is -2.10. The zero-order chi connectivity index (χ0) is 30.9. The SMILES string of the molecule is c1ccc(-n2c3ccccc3c3ccc(-c4ccc(-c5cccc6c5oc5c7ccccc7n(-c7ccccc7)c65)cc4)cc32)cc1. The highest BCUT2D eigenvalue weighted by Gasteiger charge is 2.21. The second-order valence-corrected chi connectivity index (χ2v) is 12.1. The van der Waals surface area contributed by atoms with Crippen molar-refractivity contribution in [3.63, 3.8) is 0 Å². The van der Waals surface area contributed by atoms with Gasteiger partial charge in [-0.05, 0) is 71.3 Å². The molecule has 3 heterocycles. The maximum atomic E-state index is 6.78. The summed E-state index contributed by atoms with van der Waals surface area (Å²) >= 11 is 0. The molecule has 0 unspecified atom stereocenters. The molecule has 47 heavy (non-hydrogen) atoms. The van der Waals surface area contributed by atoms with E-state index in [1.165, 1.54) is 32.9 Å². The van der Waals surface area contributed by atoms with Gasteiger partial charge in [0.15, 0.2) is 5.58 Å². The highest BCUT2D eigenvalue weighted by atomic mass is 16.3. The van der Waals surface area contributed by atoms with Crippen LogP contribution in [-0.4, -0.2) is 9.13 Å². The molecule has 7 aromatic carbocycles. The van der Waals surface area contributed by atoms with Gasteiger partial charge in [0.2, 0.25) is 0 Å². The predicted molar refractivity (Wildman–Crippen MR) is 196 cm³/mol. The minimum absolute atomic E-state index is 0.912. The third kappa shape index (κ3) is 3.87. The van der Waals surface area contributed by atoms with Crippen molar-refractivity contribution in [1.29, 1.82) is 0 Å². The summed E-state index contributed by atoms with van der Waals surface area (Å²) in [6, 6.07) is 60.6. The zero-order valence-electron chi connectivity index (χ0n) is 25.5. The Morgan fingerprint density at radius 3 is 1.64 bits per heavy atom. The summed E-state index contributed by atoms with van der Waals surface area (Å²) in [7, 11) is 0. The molecule has 0 spiro atoms. The van der Waals surface area contributed by atoms with Crippen molar-refractivity contribution < 1.29 is 4.42 Å². The highest BCUT2D eigenvalue weighted by Crippen LogP contribution is 2.42. The van der Waals surface area contributed by atoms with Crippen LogP contribution in [0.25, 0.3) is 88.4 Å². The van der Waals surface area contributed by atoms with E-state index in [1.807, 2.05) is 0 Å². The number of aromatic nitrogens is 2. The Morgan fingerprint density at radius 1 is 0.340 bits per heavy atom. The summed E-state index contributed by atoms with van der Waals surface area (Å²) in [4.78, 5) is 0. The van der Waals surface area contributed by atoms with Crippen molar-refractivity contribution in [3.05, 3.63) is 170 Å². The van der Waals surface area contributed by atoms with Crippen molar-refractivity contribution >= 4 is 54.8 Å². The van der Waals surface area contributed by atoms with Gasteiger partial charge in [0, 0.05) is 38.5 Å². The van der Waals surface area contributed by atoms with Crippen LogP contribution in [0.15, 0.2) is 174 Å². The Balaban J connectivity index is 1.11. The molecule has 0 bridgehead atoms. The molecule has 0 saturated heterocycles. The Morgan fingerprint density at radius 2 is 0.894 bits per heavy atom. The molecule has 0 atom stereocenters. The molecule has 0 aliphatic rings. The van der Waals surface area contributed by atoms with Crippen molar-refractivity contribution in [3.8, 4) is 33.6 Å². The molecule has 10 rings (SSSR count). The summed E-state index contributed by atoms with van der Waals surface area (Å²) in [6.45, 7) is 0. The van der Waals surface area contributed by atoms with E-state index >= 15 is 0 Å². The van der Waals surface area contributed by atoms with Crippen LogP contribution in [0, 0.1) is 0 Å². The van der Waals surface area contributed by atoms with Crippen LogP contribution in [0.5, 0.6) is 0 Å². The molecule has 3 heteroatoms. The summed E-state index contributed by atoms with van der Waals surface area (Å²) in [5.41, 5.74) is 13.4. The van der Waals surface area contributed by atoms with Gasteiger partial charge in [-0.15, -0.1) is 0 Å². The normalized spacial score (nSPS) is 11.8. The fourth-order valence-electron chi connectivity index (χ4n) is 7.41. The minimum atomic E-state index is 0.912. The Labute approximate surface area is 271 Å². The maximum Gasteiger partial charge on any atom is 0.161 e. The standard InChI is InChI=1S/C44H28N2O/c1-3-12-32(13-4-1)45-39-20-9-7-16-35(39)36-27-26-31(28-41(36)45)29-22-24-30(25-23-29)34-18-11-19-38-42-44(47-43(34)38)37-17-8-10-21-40(37)46(42)33-14-5-2-6-15-33/h1-28H. The third-order valence-corrected chi connectivity index (χ3v) is 9.53. The van der Waals surface area contributed by atoms with E-state index < -0.39 is 0 Å². The van der Waals surface area contributed by atoms with Crippen LogP contribution in [0.1, 0.15) is 0 Å². The number of nitrogens with zero attached hydrogens (tertiary/aromatic N) is 2. The Hall–Kier alpha value is -6.32. The molecular formula is C44H28N2O. The van der Waals surface area contributed by atoms with Crippen LogP contribution >= 0.6 is 0 Å². The summed E-state index contributed by atoms with van der Waals surface area (Å²) in [6.07, 6.45) is 0. The molecule has 0 aliphatic carbocycles. The van der Waals surface area contributed by atoms with Crippen LogP contribution < -0.4 is 0 Å². The van der Waals surface area contributed by atoms with Crippen LogP contribution in [-0.2, 0) is 0 Å². The van der Waals surface area contributed by atoms with E-state index in [4.69, 9.17) is 4.42 Å². The topological polar surface area (TPSA) is 23.0 Å². The molecule has 0 N–H and O–H groups in total. The summed E-state index contributed by atoms with van der Waals surface area (Å²) in [5.74, 6) is 0. The van der Waals surface area contributed by atoms with Gasteiger partial charge in [0.1, 0.15) is 11.1 Å². The fraction of sp³-hybridized carbons (Fsp3) is 0. The monoisotopic (exact) mass is 600 g/mol. The van der Waals surface area contributed by atoms with Crippen molar-refractivity contribution in [2.45, 2.75) is 0 Å². The molecule has 0 saturated carbocycles. The smallest absolute Gasteiger partial charge is 0.161 e. The molecule has 0 fully saturated rings. The van der Waals surface area contributed by atoms with Crippen LogP contribution in [0.4, 0.5) is 0 Å². The first-order valence-corrected chi connectivity index (χ1v) is 16.0. The average molecular weight is 601 g/mol. The van der Waals surface area contributed by atoms with Crippen molar-refractivity contribution in [2.24, 2.45) is 0 Å². The minimum Gasteiger partial charge on any atom is -0.453 e. The first kappa shape index (κ1) is 26.0. The van der Waals surface area contributed by atoms with Gasteiger partial charge in [-0.2, -0.15) is 0 Å². The van der Waals surface area contributed by atoms with Gasteiger partial charge in [0.25, 0.3) is 0 Å². The molecular weight excluding hydrogens is 572 g/mol. The number of hydrogen-bond donors (Lipinski definition) is 0. The van der Waals surface area contributed by atoms with Gasteiger partial charge in [-0.1, -0.05) is 115 Å². The van der Waals surface area contributed by atoms with E-state index in [0.717, 1.165) is 55.5 Å². The van der Waals surface area contributed by atoms with E-state index in [2.05, 4.69) is 179 Å². The van der Waals surface area contributed by atoms with Crippen molar-refractivity contribution in [2.75, 3.05) is 0 Å². The number of furan rings is 1. The average Bonchev–Trinajstić information content (AvgIpc) is 3.79. The lowest BCUT2D eigenvalue weighted by Crippen LogP contribution is -1.93. The number of benzene rings is 7. The lowest BCUT2D eigenvalue weighted by atomic mass is 9.98. The molecule has 220 valence electrons. The molecule has 3 aromatic heterocycles. The molecule has 0 amide bonds. The van der Waals surface area contributed by atoms with Gasteiger partial charge in [-0.25, -0.2) is 0 Å². The first-order chi connectivity index (χ1) is 23.3. The molecule has 0 radical (unpaired) electrons. The number of rotatable bonds is 4. The van der Waals surface area contributed by atoms with E-state index in [-0.39, 0.29) is 0 Å². The predicted octanol–water partition coefficient (Wildman–Crippen LogP) is 12.0. The quantitative estimate of drug-likeness (QED) is 0.197. The lowest BCUT2D eigenvalue weighted by molar-refractivity contribution is 0.674. The Kier molecular flexibility index (Phi) is 5.57. The fourth-order valence-corrected chi connectivity index (χ4v) is 7.41. The second-order valence-electron chi connectivity index (χ2n) is 12.1. The van der Waals surface area contributed by atoms with E-state index in [1.54, 1.807) is 0 Å². The second kappa shape index (κ2) is 10.1. The largest absolute Gasteiger partial charge is 0.453 e. The third-order valence-electron chi connectivity index (χ3n) is 9.53. The van der Waals surface area contributed by atoms with E-state index in [9.17, 15) is 0 Å². The Bertz CT molecular complexity index is 2760. The van der Waals surface area contributed by atoms with Gasteiger partial charge >= 0.3 is 0 Å². The van der Waals surface area contributed by atoms with Gasteiger partial charge in [0.05, 0.1) is 16.6 Å². The number of fused-ring (bicyclic) bond motifs is 8. The highest BCUT2D eigenvalue weighted by molar-refractivity contribution is 6.18. The molecule has 10 aromatic rings. The molecule has 3 nitrogen and oxygen atoms in total. The van der Waals surface area contributed by atoms with Crippen LogP contribution in [0.2, 0.25) is 0 Å². The number of hydrogen-bond acceptors (Lipinski definition) is 1. The number of para-hydroxylation sites is 5. The van der Waals surface area contributed by atoms with Gasteiger partial charge < -0.3 is 13.6 Å². The van der Waals surface area contributed by atoms with Crippen molar-refractivity contribution in [1.82, 2.24) is 9.13 Å². The van der Waals surface area contributed by atoms with Crippen LogP contribution in [0.3, 0.4) is 0 Å². The first-order valence-electron chi connectivity index (χ1n) is 16.0. The summed E-state index contributed by atoms with van der Waals surface area (Å²) in [5, 5.41) is 4.75. The van der Waals surface area contributed by atoms with Gasteiger partial charge in [-0.3, -0.25) is 0 Å². The maximum absolute atomic E-state index is 6.78. The van der Waals surface area contributed by atoms with E-state index in [0.29, 0.717) is 0 Å². The molecule has 0 aliphatic heterocycles.